The number of amides is 1. The molecule has 3 rings (SSSR count). The Morgan fingerprint density at radius 1 is 1.50 bits per heavy atom. The Kier molecular flexibility index (Phi) is 5.10. The Morgan fingerprint density at radius 3 is 3.08 bits per heavy atom. The summed E-state index contributed by atoms with van der Waals surface area (Å²) in [6.45, 7) is 4.43. The molecule has 3 heterocycles. The van der Waals surface area contributed by atoms with Crippen molar-refractivity contribution < 1.29 is 4.79 Å². The predicted octanol–water partition coefficient (Wildman–Crippen LogP) is 1.19. The molecule has 3 N–H and O–H groups in total. The summed E-state index contributed by atoms with van der Waals surface area (Å²) in [5.74, 6) is 0.0176. The van der Waals surface area contributed by atoms with Crippen LogP contribution in [0.3, 0.4) is 0 Å². The third-order valence-electron chi connectivity index (χ3n) is 4.45. The van der Waals surface area contributed by atoms with E-state index in [-0.39, 0.29) is 23.4 Å². The lowest BCUT2D eigenvalue weighted by Crippen LogP contribution is -2.43. The number of rotatable bonds is 5. The fourth-order valence-corrected chi connectivity index (χ4v) is 3.15. The van der Waals surface area contributed by atoms with Crippen LogP contribution in [0.15, 0.2) is 35.4 Å². The summed E-state index contributed by atoms with van der Waals surface area (Å²) in [6, 6.07) is 5.25. The van der Waals surface area contributed by atoms with Gasteiger partial charge in [0.25, 0.3) is 5.56 Å². The van der Waals surface area contributed by atoms with Gasteiger partial charge in [0.1, 0.15) is 0 Å². The van der Waals surface area contributed by atoms with E-state index in [1.807, 2.05) is 19.2 Å². The van der Waals surface area contributed by atoms with Crippen LogP contribution in [0.5, 0.6) is 0 Å². The van der Waals surface area contributed by atoms with E-state index in [0.717, 1.165) is 38.0 Å². The van der Waals surface area contributed by atoms with Gasteiger partial charge < -0.3 is 10.4 Å². The second-order valence-corrected chi connectivity index (χ2v) is 6.38. The topological polar surface area (TPSA) is 93.9 Å². The maximum atomic E-state index is 12.5. The maximum Gasteiger partial charge on any atom is 0.264 e. The van der Waals surface area contributed by atoms with Gasteiger partial charge in [0, 0.05) is 31.5 Å². The molecule has 0 aromatic carbocycles. The molecule has 2 aromatic heterocycles. The first-order valence-electron chi connectivity index (χ1n) is 8.31. The van der Waals surface area contributed by atoms with Crippen LogP contribution in [0.25, 0.3) is 0 Å². The quantitative estimate of drug-likeness (QED) is 0.768. The zero-order chi connectivity index (χ0) is 16.9. The predicted molar refractivity (Wildman–Crippen MR) is 90.2 cm³/mol. The molecular weight excluding hydrogens is 306 g/mol. The van der Waals surface area contributed by atoms with Crippen molar-refractivity contribution in [2.45, 2.75) is 32.4 Å². The van der Waals surface area contributed by atoms with Crippen molar-refractivity contribution in [1.82, 2.24) is 25.4 Å². The number of hydrogen-bond acceptors (Lipinski definition) is 4. The lowest BCUT2D eigenvalue weighted by Gasteiger charge is -2.32. The van der Waals surface area contributed by atoms with Gasteiger partial charge >= 0.3 is 0 Å². The average Bonchev–Trinajstić information content (AvgIpc) is 3.03. The molecule has 0 aliphatic carbocycles. The molecule has 2 unspecified atom stereocenters. The zero-order valence-corrected chi connectivity index (χ0v) is 13.8. The van der Waals surface area contributed by atoms with Gasteiger partial charge in [-0.25, -0.2) is 0 Å². The molecule has 0 spiro atoms. The lowest BCUT2D eigenvalue weighted by atomic mass is 9.96. The second kappa shape index (κ2) is 7.44. The minimum atomic E-state index is -0.217. The number of aromatic nitrogens is 3. The van der Waals surface area contributed by atoms with E-state index >= 15 is 0 Å². The van der Waals surface area contributed by atoms with Gasteiger partial charge in [0.15, 0.2) is 0 Å². The minimum Gasteiger partial charge on any atom is -0.348 e. The highest BCUT2D eigenvalue weighted by atomic mass is 16.2. The Balaban J connectivity index is 1.55. The molecule has 0 saturated carbocycles. The molecular formula is C17H23N5O2. The van der Waals surface area contributed by atoms with Crippen LogP contribution in [0.4, 0.5) is 0 Å². The number of hydrogen-bond donors (Lipinski definition) is 3. The van der Waals surface area contributed by atoms with Crippen LogP contribution in [0.1, 0.15) is 37.1 Å². The van der Waals surface area contributed by atoms with Crippen LogP contribution in [-0.2, 0) is 11.3 Å². The molecule has 1 saturated heterocycles. The molecule has 7 heteroatoms. The van der Waals surface area contributed by atoms with Gasteiger partial charge in [-0.15, -0.1) is 0 Å². The first-order valence-corrected chi connectivity index (χ1v) is 8.31. The Labute approximate surface area is 140 Å². The molecule has 1 aliphatic heterocycles. The van der Waals surface area contributed by atoms with Gasteiger partial charge in [-0.1, -0.05) is 6.07 Å². The van der Waals surface area contributed by atoms with Crippen LogP contribution in [0.2, 0.25) is 0 Å². The van der Waals surface area contributed by atoms with Crippen molar-refractivity contribution in [2.24, 2.45) is 5.92 Å². The van der Waals surface area contributed by atoms with Gasteiger partial charge in [0.05, 0.1) is 17.7 Å². The third-order valence-corrected chi connectivity index (χ3v) is 4.45. The van der Waals surface area contributed by atoms with Crippen LogP contribution in [0, 0.1) is 5.92 Å². The van der Waals surface area contributed by atoms with Crippen molar-refractivity contribution in [2.75, 3.05) is 13.1 Å². The fraction of sp³-hybridized carbons (Fsp3) is 0.471. The van der Waals surface area contributed by atoms with E-state index in [1.54, 1.807) is 6.20 Å². The van der Waals surface area contributed by atoms with E-state index < -0.39 is 0 Å². The molecule has 24 heavy (non-hydrogen) atoms. The highest BCUT2D eigenvalue weighted by Gasteiger charge is 2.27. The number of carbonyl (C=O) groups is 1. The van der Waals surface area contributed by atoms with Gasteiger partial charge in [-0.05, 0) is 37.9 Å². The zero-order valence-electron chi connectivity index (χ0n) is 13.8. The van der Waals surface area contributed by atoms with E-state index in [2.05, 4.69) is 31.5 Å². The molecule has 2 aromatic rings. The molecule has 1 amide bonds. The van der Waals surface area contributed by atoms with E-state index in [4.69, 9.17) is 0 Å². The molecule has 128 valence electrons. The number of aromatic amines is 2. The Morgan fingerprint density at radius 2 is 2.38 bits per heavy atom. The molecule has 0 bridgehead atoms. The van der Waals surface area contributed by atoms with Crippen LogP contribution in [-0.4, -0.2) is 39.1 Å². The van der Waals surface area contributed by atoms with Crippen LogP contribution >= 0.6 is 0 Å². The molecule has 0 radical (unpaired) electrons. The van der Waals surface area contributed by atoms with Crippen molar-refractivity contribution >= 4 is 5.91 Å². The normalized spacial score (nSPS) is 19.8. The largest absolute Gasteiger partial charge is 0.348 e. The third kappa shape index (κ3) is 4.11. The van der Waals surface area contributed by atoms with Gasteiger partial charge in [0.2, 0.25) is 5.91 Å². The fourth-order valence-electron chi connectivity index (χ4n) is 3.15. The number of pyridine rings is 1. The van der Waals surface area contributed by atoms with E-state index in [9.17, 15) is 9.59 Å². The van der Waals surface area contributed by atoms with Crippen LogP contribution < -0.4 is 10.9 Å². The summed E-state index contributed by atoms with van der Waals surface area (Å²) in [5, 5.41) is 8.27. The number of H-pyrrole nitrogens is 2. The summed E-state index contributed by atoms with van der Waals surface area (Å²) >= 11 is 0. The monoisotopic (exact) mass is 329 g/mol. The van der Waals surface area contributed by atoms with Gasteiger partial charge in [-0.3, -0.25) is 24.6 Å². The summed E-state index contributed by atoms with van der Waals surface area (Å²) < 4.78 is 0. The Hall–Kier alpha value is -2.41. The number of carbonyl (C=O) groups excluding carboxylic acids is 1. The average molecular weight is 329 g/mol. The maximum absolute atomic E-state index is 12.5. The van der Waals surface area contributed by atoms with E-state index in [1.165, 1.54) is 6.07 Å². The Bertz CT molecular complexity index is 724. The molecule has 1 aliphatic rings. The van der Waals surface area contributed by atoms with Gasteiger partial charge in [-0.2, -0.15) is 0 Å². The standard InChI is InChI=1S/C17H23N5O2/c1-12(15-8-16(23)21-20-15)19-17(24)14-5-3-7-22(11-14)10-13-4-2-6-18-9-13/h2,4,6,8-9,12,14H,3,5,7,10-11H2,1H3,(H,19,24)(H2,20,21,23). The number of piperidine rings is 1. The highest BCUT2D eigenvalue weighted by Crippen LogP contribution is 2.19. The van der Waals surface area contributed by atoms with Crippen molar-refractivity contribution in [3.63, 3.8) is 0 Å². The number of likely N-dealkylation sites (tertiary alicyclic amines) is 1. The second-order valence-electron chi connectivity index (χ2n) is 6.38. The van der Waals surface area contributed by atoms with E-state index in [0.29, 0.717) is 5.69 Å². The smallest absolute Gasteiger partial charge is 0.264 e. The summed E-state index contributed by atoms with van der Waals surface area (Å²) in [4.78, 5) is 30.2. The lowest BCUT2D eigenvalue weighted by molar-refractivity contribution is -0.127. The minimum absolute atomic E-state index is 0.0245. The molecule has 7 nitrogen and oxygen atoms in total. The van der Waals surface area contributed by atoms with Crippen molar-refractivity contribution in [3.8, 4) is 0 Å². The first kappa shape index (κ1) is 16.4. The molecule has 2 atom stereocenters. The summed E-state index contributed by atoms with van der Waals surface area (Å²) in [5.41, 5.74) is 1.67. The number of nitrogens with zero attached hydrogens (tertiary/aromatic N) is 2. The molecule has 1 fully saturated rings. The SMILES string of the molecule is CC(NC(=O)C1CCCN(Cc2cccnc2)C1)c1cc(=O)[nH][nH]1. The first-order chi connectivity index (χ1) is 11.6. The van der Waals surface area contributed by atoms with Crippen molar-refractivity contribution in [1.29, 1.82) is 0 Å². The summed E-state index contributed by atoms with van der Waals surface area (Å²) in [6.07, 6.45) is 5.54. The van der Waals surface area contributed by atoms with Crippen molar-refractivity contribution in [3.05, 3.63) is 52.2 Å². The summed E-state index contributed by atoms with van der Waals surface area (Å²) in [7, 11) is 0. The highest BCUT2D eigenvalue weighted by molar-refractivity contribution is 5.79. The number of nitrogens with one attached hydrogen (secondary N) is 3.